The van der Waals surface area contributed by atoms with E-state index in [2.05, 4.69) is 15.6 Å². The monoisotopic (exact) mass is 457 g/mol. The standard InChI is InChI=1S/C21H17F6N3O2/c22-15-7-12(5-6-14(15)20(23,24)21(25,26)27)13-8-16(29-18(31)10-1-2-10)28-17(9-13)30-19(32)11-3-4-11/h5-11H,1-4H2,(H2,28,29,30,31,32). The lowest BCUT2D eigenvalue weighted by molar-refractivity contribution is -0.290. The molecule has 11 heteroatoms. The van der Waals surface area contributed by atoms with Crippen LogP contribution in [0, 0.1) is 17.7 Å². The summed E-state index contributed by atoms with van der Waals surface area (Å²) in [6.45, 7) is 0. The van der Waals surface area contributed by atoms with E-state index >= 15 is 0 Å². The molecule has 0 saturated heterocycles. The van der Waals surface area contributed by atoms with Gasteiger partial charge in [0.05, 0.1) is 5.56 Å². The largest absolute Gasteiger partial charge is 0.458 e. The number of halogens is 6. The molecule has 0 spiro atoms. The van der Waals surface area contributed by atoms with Gasteiger partial charge < -0.3 is 10.6 Å². The molecule has 1 aromatic carbocycles. The third kappa shape index (κ3) is 4.56. The molecule has 2 amide bonds. The van der Waals surface area contributed by atoms with Crippen LogP contribution < -0.4 is 10.6 Å². The molecule has 1 heterocycles. The molecular formula is C21H17F6N3O2. The molecule has 0 aliphatic heterocycles. The molecule has 0 atom stereocenters. The van der Waals surface area contributed by atoms with Crippen LogP contribution in [0.15, 0.2) is 30.3 Å². The number of pyridine rings is 1. The summed E-state index contributed by atoms with van der Waals surface area (Å²) in [7, 11) is 0. The van der Waals surface area contributed by atoms with Crippen molar-refractivity contribution in [2.24, 2.45) is 11.8 Å². The number of aromatic nitrogens is 1. The lowest BCUT2D eigenvalue weighted by Gasteiger charge is -2.20. The molecule has 5 nitrogen and oxygen atoms in total. The molecular weight excluding hydrogens is 440 g/mol. The Bertz CT molecular complexity index is 1030. The Hall–Kier alpha value is -3.11. The minimum Gasteiger partial charge on any atom is -0.310 e. The smallest absolute Gasteiger partial charge is 0.310 e. The fourth-order valence-corrected chi connectivity index (χ4v) is 3.07. The summed E-state index contributed by atoms with van der Waals surface area (Å²) in [4.78, 5) is 28.3. The summed E-state index contributed by atoms with van der Waals surface area (Å²) in [5.41, 5.74) is -1.67. The van der Waals surface area contributed by atoms with Gasteiger partial charge >= 0.3 is 12.1 Å². The van der Waals surface area contributed by atoms with Crippen LogP contribution >= 0.6 is 0 Å². The van der Waals surface area contributed by atoms with Crippen LogP contribution in [0.1, 0.15) is 31.2 Å². The summed E-state index contributed by atoms with van der Waals surface area (Å²) >= 11 is 0. The SMILES string of the molecule is O=C(Nc1cc(-c2ccc(C(F)(F)C(F)(F)F)c(F)c2)cc(NC(=O)C2CC2)n1)C1CC1. The lowest BCUT2D eigenvalue weighted by Crippen LogP contribution is -2.34. The van der Waals surface area contributed by atoms with Crippen LogP contribution in [0.4, 0.5) is 38.0 Å². The van der Waals surface area contributed by atoms with Gasteiger partial charge in [0.2, 0.25) is 11.8 Å². The molecule has 1 aromatic heterocycles. The van der Waals surface area contributed by atoms with Gasteiger partial charge in [0, 0.05) is 11.8 Å². The predicted octanol–water partition coefficient (Wildman–Crippen LogP) is 5.24. The summed E-state index contributed by atoms with van der Waals surface area (Å²) in [6, 6.07) is 4.46. The van der Waals surface area contributed by atoms with Crippen LogP contribution in [0.3, 0.4) is 0 Å². The van der Waals surface area contributed by atoms with Crippen molar-refractivity contribution in [2.45, 2.75) is 37.8 Å². The van der Waals surface area contributed by atoms with Crippen molar-refractivity contribution < 1.29 is 35.9 Å². The van der Waals surface area contributed by atoms with Gasteiger partial charge in [-0.2, -0.15) is 22.0 Å². The third-order valence-corrected chi connectivity index (χ3v) is 5.22. The summed E-state index contributed by atoms with van der Waals surface area (Å²) < 4.78 is 79.2. The first-order valence-electron chi connectivity index (χ1n) is 9.84. The Labute approximate surface area is 178 Å². The highest BCUT2D eigenvalue weighted by atomic mass is 19.4. The quantitative estimate of drug-likeness (QED) is 0.583. The van der Waals surface area contributed by atoms with Crippen LogP contribution in [0.5, 0.6) is 0 Å². The number of amides is 2. The third-order valence-electron chi connectivity index (χ3n) is 5.22. The molecule has 2 aliphatic carbocycles. The minimum atomic E-state index is -5.95. The van der Waals surface area contributed by atoms with Crippen molar-refractivity contribution in [3.8, 4) is 11.1 Å². The molecule has 2 fully saturated rings. The zero-order valence-corrected chi connectivity index (χ0v) is 16.4. The Morgan fingerprint density at radius 2 is 1.31 bits per heavy atom. The highest BCUT2D eigenvalue weighted by Gasteiger charge is 2.59. The Kier molecular flexibility index (Phi) is 5.38. The van der Waals surface area contributed by atoms with Gasteiger partial charge in [-0.25, -0.2) is 9.37 Å². The van der Waals surface area contributed by atoms with E-state index in [4.69, 9.17) is 0 Å². The predicted molar refractivity (Wildman–Crippen MR) is 102 cm³/mol. The van der Waals surface area contributed by atoms with Crippen LogP contribution in [0.2, 0.25) is 0 Å². The van der Waals surface area contributed by atoms with E-state index in [0.29, 0.717) is 12.1 Å². The number of hydrogen-bond acceptors (Lipinski definition) is 3. The van der Waals surface area contributed by atoms with Crippen LogP contribution in [-0.2, 0) is 15.5 Å². The zero-order valence-electron chi connectivity index (χ0n) is 16.4. The van der Waals surface area contributed by atoms with Crippen molar-refractivity contribution in [3.63, 3.8) is 0 Å². The van der Waals surface area contributed by atoms with Gasteiger partial charge in [0.1, 0.15) is 17.5 Å². The summed E-state index contributed by atoms with van der Waals surface area (Å²) in [5, 5.41) is 5.16. The topological polar surface area (TPSA) is 71.1 Å². The number of nitrogens with one attached hydrogen (secondary N) is 2. The second kappa shape index (κ2) is 7.79. The normalized spacial score (nSPS) is 16.6. The van der Waals surface area contributed by atoms with E-state index in [9.17, 15) is 35.9 Å². The van der Waals surface area contributed by atoms with Crippen LogP contribution in [-0.4, -0.2) is 23.0 Å². The number of anilines is 2. The Morgan fingerprint density at radius 3 is 1.72 bits per heavy atom. The summed E-state index contributed by atoms with van der Waals surface area (Å²) in [5.74, 6) is -7.93. The van der Waals surface area contributed by atoms with E-state index in [0.717, 1.165) is 31.7 Å². The van der Waals surface area contributed by atoms with Gasteiger partial charge in [-0.05, 0) is 61.1 Å². The van der Waals surface area contributed by atoms with Crippen LogP contribution in [0.25, 0.3) is 11.1 Å². The average molecular weight is 457 g/mol. The average Bonchev–Trinajstić information content (AvgIpc) is 3.59. The zero-order chi connectivity index (χ0) is 23.3. The van der Waals surface area contributed by atoms with Gasteiger partial charge in [-0.15, -0.1) is 0 Å². The first kappa shape index (κ1) is 22.1. The fourth-order valence-electron chi connectivity index (χ4n) is 3.07. The molecule has 0 bridgehead atoms. The Morgan fingerprint density at radius 1 is 0.812 bits per heavy atom. The molecule has 2 saturated carbocycles. The minimum absolute atomic E-state index is 0.0320. The van der Waals surface area contributed by atoms with Crippen molar-refractivity contribution in [3.05, 3.63) is 41.7 Å². The highest BCUT2D eigenvalue weighted by molar-refractivity contribution is 5.96. The molecule has 2 aliphatic rings. The number of hydrogen-bond donors (Lipinski definition) is 2. The number of benzene rings is 1. The van der Waals surface area contributed by atoms with E-state index in [1.807, 2.05) is 0 Å². The van der Waals surface area contributed by atoms with Crippen molar-refractivity contribution in [2.75, 3.05) is 10.6 Å². The van der Waals surface area contributed by atoms with Crippen molar-refractivity contribution >= 4 is 23.5 Å². The number of carbonyl (C=O) groups excluding carboxylic acids is 2. The second-order valence-electron chi connectivity index (χ2n) is 7.92. The lowest BCUT2D eigenvalue weighted by atomic mass is 10.0. The van der Waals surface area contributed by atoms with Gasteiger partial charge in [-0.3, -0.25) is 9.59 Å². The van der Waals surface area contributed by atoms with Crippen molar-refractivity contribution in [1.82, 2.24) is 4.98 Å². The van der Waals surface area contributed by atoms with E-state index < -0.39 is 23.5 Å². The van der Waals surface area contributed by atoms with Gasteiger partial charge in [-0.1, -0.05) is 6.07 Å². The summed E-state index contributed by atoms with van der Waals surface area (Å²) in [6.07, 6.45) is -3.08. The molecule has 4 rings (SSSR count). The highest BCUT2D eigenvalue weighted by Crippen LogP contribution is 2.45. The number of carbonyl (C=O) groups is 2. The maximum Gasteiger partial charge on any atom is 0.458 e. The number of rotatable bonds is 6. The van der Waals surface area contributed by atoms with E-state index in [-0.39, 0.29) is 46.4 Å². The molecule has 2 N–H and O–H groups in total. The number of alkyl halides is 5. The molecule has 0 radical (unpaired) electrons. The first-order chi connectivity index (χ1) is 15.0. The maximum atomic E-state index is 14.3. The van der Waals surface area contributed by atoms with Gasteiger partial charge in [0.25, 0.3) is 0 Å². The molecule has 0 unspecified atom stereocenters. The molecule has 2 aromatic rings. The van der Waals surface area contributed by atoms with E-state index in [1.165, 1.54) is 12.1 Å². The first-order valence-corrected chi connectivity index (χ1v) is 9.84. The van der Waals surface area contributed by atoms with E-state index in [1.54, 1.807) is 0 Å². The Balaban J connectivity index is 1.68. The number of nitrogens with zero attached hydrogens (tertiary/aromatic N) is 1. The maximum absolute atomic E-state index is 14.3. The van der Waals surface area contributed by atoms with Gasteiger partial charge in [0.15, 0.2) is 0 Å². The van der Waals surface area contributed by atoms with Crippen molar-refractivity contribution in [1.29, 1.82) is 0 Å². The second-order valence-corrected chi connectivity index (χ2v) is 7.92. The molecule has 32 heavy (non-hydrogen) atoms. The fraction of sp³-hybridized carbons (Fsp3) is 0.381. The molecule has 170 valence electrons.